The van der Waals surface area contributed by atoms with E-state index in [1.165, 1.54) is 35.1 Å². The van der Waals surface area contributed by atoms with Gasteiger partial charge in [-0.2, -0.15) is 0 Å². The van der Waals surface area contributed by atoms with Crippen LogP contribution in [-0.4, -0.2) is 5.88 Å². The zero-order valence-corrected chi connectivity index (χ0v) is 10.6. The maximum absolute atomic E-state index is 6.12. The van der Waals surface area contributed by atoms with Crippen LogP contribution in [0.3, 0.4) is 0 Å². The molecule has 1 aliphatic rings. The van der Waals surface area contributed by atoms with Gasteiger partial charge in [-0.1, -0.05) is 17.7 Å². The Morgan fingerprint density at radius 2 is 1.73 bits per heavy atom. The highest BCUT2D eigenvalue weighted by atomic mass is 35.5. The van der Waals surface area contributed by atoms with Gasteiger partial charge >= 0.3 is 0 Å². The third-order valence-electron chi connectivity index (χ3n) is 3.47. The summed E-state index contributed by atoms with van der Waals surface area (Å²) < 4.78 is 0. The number of aryl methyl sites for hydroxylation is 3. The first-order chi connectivity index (χ1) is 7.13. The van der Waals surface area contributed by atoms with Crippen LogP contribution < -0.4 is 0 Å². The molecule has 0 N–H and O–H groups in total. The van der Waals surface area contributed by atoms with Gasteiger partial charge in [-0.3, -0.25) is 0 Å². The highest BCUT2D eigenvalue weighted by Gasteiger charge is 2.33. The monoisotopic (exact) mass is 222 g/mol. The minimum Gasteiger partial charge on any atom is -0.126 e. The van der Waals surface area contributed by atoms with Gasteiger partial charge in [0.2, 0.25) is 0 Å². The predicted molar refractivity (Wildman–Crippen MR) is 66.8 cm³/mol. The molecular weight excluding hydrogens is 204 g/mol. The van der Waals surface area contributed by atoms with Crippen molar-refractivity contribution < 1.29 is 0 Å². The van der Waals surface area contributed by atoms with Crippen molar-refractivity contribution in [1.29, 1.82) is 0 Å². The molecule has 1 fully saturated rings. The van der Waals surface area contributed by atoms with E-state index in [2.05, 4.69) is 32.9 Å². The molecule has 0 bridgehead atoms. The molecule has 1 unspecified atom stereocenters. The molecule has 1 aliphatic carbocycles. The van der Waals surface area contributed by atoms with Crippen LogP contribution in [0.1, 0.15) is 41.0 Å². The number of rotatable bonds is 3. The summed E-state index contributed by atoms with van der Waals surface area (Å²) in [6.45, 7) is 6.60. The van der Waals surface area contributed by atoms with E-state index in [0.29, 0.717) is 5.92 Å². The molecule has 82 valence electrons. The van der Waals surface area contributed by atoms with Crippen LogP contribution in [0, 0.1) is 26.7 Å². The molecule has 1 atom stereocenters. The first-order valence-corrected chi connectivity index (χ1v) is 6.30. The number of hydrogen-bond acceptors (Lipinski definition) is 0. The maximum Gasteiger partial charge on any atom is 0.0295 e. The summed E-state index contributed by atoms with van der Waals surface area (Å²) in [7, 11) is 0. The zero-order valence-electron chi connectivity index (χ0n) is 9.81. The number of hydrogen-bond donors (Lipinski definition) is 0. The second kappa shape index (κ2) is 4.17. The molecular formula is C14H19Cl. The van der Waals surface area contributed by atoms with Crippen molar-refractivity contribution in [2.75, 3.05) is 5.88 Å². The van der Waals surface area contributed by atoms with Gasteiger partial charge in [-0.05, 0) is 56.2 Å². The number of alkyl halides is 1. The van der Waals surface area contributed by atoms with Gasteiger partial charge in [0.1, 0.15) is 0 Å². The second-order valence-corrected chi connectivity index (χ2v) is 5.22. The topological polar surface area (TPSA) is 0 Å². The molecule has 1 aromatic rings. The van der Waals surface area contributed by atoms with Crippen molar-refractivity contribution in [2.24, 2.45) is 5.92 Å². The minimum atomic E-state index is 0.590. The second-order valence-electron chi connectivity index (χ2n) is 4.91. The van der Waals surface area contributed by atoms with Crippen molar-refractivity contribution in [2.45, 2.75) is 39.5 Å². The van der Waals surface area contributed by atoms with Gasteiger partial charge in [0, 0.05) is 11.8 Å². The van der Waals surface area contributed by atoms with E-state index >= 15 is 0 Å². The third-order valence-corrected chi connectivity index (χ3v) is 3.80. The van der Waals surface area contributed by atoms with Crippen LogP contribution in [0.15, 0.2) is 12.1 Å². The lowest BCUT2D eigenvalue weighted by atomic mass is 9.87. The van der Waals surface area contributed by atoms with E-state index in [9.17, 15) is 0 Å². The Morgan fingerprint density at radius 3 is 2.13 bits per heavy atom. The molecule has 0 radical (unpaired) electrons. The minimum absolute atomic E-state index is 0.590. The molecule has 1 saturated carbocycles. The van der Waals surface area contributed by atoms with E-state index < -0.39 is 0 Å². The summed E-state index contributed by atoms with van der Waals surface area (Å²) in [6, 6.07) is 4.56. The van der Waals surface area contributed by atoms with Gasteiger partial charge in [0.25, 0.3) is 0 Å². The van der Waals surface area contributed by atoms with Crippen molar-refractivity contribution in [1.82, 2.24) is 0 Å². The standard InChI is InChI=1S/C14H19Cl/c1-9-6-10(2)14(11(3)7-9)13(8-15)12-4-5-12/h6-7,12-13H,4-5,8H2,1-3H3. The van der Waals surface area contributed by atoms with Crippen LogP contribution in [-0.2, 0) is 0 Å². The molecule has 0 amide bonds. The summed E-state index contributed by atoms with van der Waals surface area (Å²) in [6.07, 6.45) is 2.73. The Labute approximate surface area is 97.6 Å². The van der Waals surface area contributed by atoms with Crippen LogP contribution in [0.4, 0.5) is 0 Å². The largest absolute Gasteiger partial charge is 0.126 e. The highest BCUT2D eigenvalue weighted by molar-refractivity contribution is 6.18. The van der Waals surface area contributed by atoms with E-state index in [1.54, 1.807) is 0 Å². The van der Waals surface area contributed by atoms with Crippen LogP contribution in [0.5, 0.6) is 0 Å². The van der Waals surface area contributed by atoms with E-state index in [4.69, 9.17) is 11.6 Å². The Bertz CT molecular complexity index is 341. The van der Waals surface area contributed by atoms with Crippen molar-refractivity contribution >= 4 is 11.6 Å². The fourth-order valence-corrected chi connectivity index (χ4v) is 3.12. The Kier molecular flexibility index (Phi) is 3.06. The SMILES string of the molecule is Cc1cc(C)c(C(CCl)C2CC2)c(C)c1. The van der Waals surface area contributed by atoms with Gasteiger partial charge < -0.3 is 0 Å². The van der Waals surface area contributed by atoms with Gasteiger partial charge in [-0.25, -0.2) is 0 Å². The molecule has 2 rings (SSSR count). The van der Waals surface area contributed by atoms with Crippen LogP contribution >= 0.6 is 11.6 Å². The quantitative estimate of drug-likeness (QED) is 0.668. The summed E-state index contributed by atoms with van der Waals surface area (Å²) in [5.74, 6) is 2.21. The van der Waals surface area contributed by atoms with Crippen molar-refractivity contribution in [3.05, 3.63) is 34.4 Å². The first-order valence-electron chi connectivity index (χ1n) is 5.77. The molecule has 0 spiro atoms. The Balaban J connectivity index is 2.40. The van der Waals surface area contributed by atoms with E-state index in [0.717, 1.165) is 11.8 Å². The van der Waals surface area contributed by atoms with Crippen LogP contribution in [0.2, 0.25) is 0 Å². The maximum atomic E-state index is 6.12. The summed E-state index contributed by atoms with van der Waals surface area (Å²) in [5, 5.41) is 0. The normalized spacial score (nSPS) is 17.9. The summed E-state index contributed by atoms with van der Waals surface area (Å²) in [5.41, 5.74) is 5.71. The van der Waals surface area contributed by atoms with Crippen molar-refractivity contribution in [3.63, 3.8) is 0 Å². The van der Waals surface area contributed by atoms with Gasteiger partial charge in [-0.15, -0.1) is 11.6 Å². The average Bonchev–Trinajstić information content (AvgIpc) is 2.94. The Morgan fingerprint density at radius 1 is 1.20 bits per heavy atom. The van der Waals surface area contributed by atoms with Gasteiger partial charge in [0.05, 0.1) is 0 Å². The van der Waals surface area contributed by atoms with E-state index in [-0.39, 0.29) is 0 Å². The summed E-state index contributed by atoms with van der Waals surface area (Å²) in [4.78, 5) is 0. The highest BCUT2D eigenvalue weighted by Crippen LogP contribution is 2.45. The van der Waals surface area contributed by atoms with Crippen LogP contribution in [0.25, 0.3) is 0 Å². The van der Waals surface area contributed by atoms with Gasteiger partial charge in [0.15, 0.2) is 0 Å². The number of halogens is 1. The van der Waals surface area contributed by atoms with Crippen molar-refractivity contribution in [3.8, 4) is 0 Å². The number of benzene rings is 1. The first kappa shape index (κ1) is 11.0. The molecule has 1 aromatic carbocycles. The predicted octanol–water partition coefficient (Wildman–Crippen LogP) is 4.34. The summed E-state index contributed by atoms with van der Waals surface area (Å²) >= 11 is 6.12. The fraction of sp³-hybridized carbons (Fsp3) is 0.571. The molecule has 0 aromatic heterocycles. The molecule has 15 heavy (non-hydrogen) atoms. The fourth-order valence-electron chi connectivity index (χ4n) is 2.71. The molecule has 0 aliphatic heterocycles. The third kappa shape index (κ3) is 2.20. The Hall–Kier alpha value is -0.490. The lowest BCUT2D eigenvalue weighted by molar-refractivity contribution is 0.661. The molecule has 0 saturated heterocycles. The average molecular weight is 223 g/mol. The lowest BCUT2D eigenvalue weighted by Crippen LogP contribution is -2.07. The molecule has 1 heteroatoms. The smallest absolute Gasteiger partial charge is 0.0295 e. The lowest BCUT2D eigenvalue weighted by Gasteiger charge is -2.19. The van der Waals surface area contributed by atoms with E-state index in [1.807, 2.05) is 0 Å². The zero-order chi connectivity index (χ0) is 11.0. The molecule has 0 nitrogen and oxygen atoms in total. The molecule has 0 heterocycles.